The van der Waals surface area contributed by atoms with Crippen LogP contribution >= 0.6 is 0 Å². The number of rotatable bonds is 10. The molecule has 12 heteroatoms. The molecule has 0 bridgehead atoms. The number of aromatic nitrogens is 2. The first-order valence-corrected chi connectivity index (χ1v) is 13.7. The van der Waals surface area contributed by atoms with Gasteiger partial charge in [-0.1, -0.05) is 19.1 Å². The molecule has 1 heterocycles. The lowest BCUT2D eigenvalue weighted by atomic mass is 10.1. The van der Waals surface area contributed by atoms with E-state index in [1.54, 1.807) is 13.8 Å². The minimum Gasteiger partial charge on any atom is -0.437 e. The lowest BCUT2D eigenvalue weighted by molar-refractivity contribution is -0.385. The molecule has 204 valence electrons. The number of benzene rings is 2. The Hall–Kier alpha value is -3.77. The molecule has 2 N–H and O–H groups in total. The van der Waals surface area contributed by atoms with Crippen molar-refractivity contribution in [1.29, 1.82) is 0 Å². The number of hydrogen-bond acceptors (Lipinski definition) is 7. The Labute approximate surface area is 222 Å². The van der Waals surface area contributed by atoms with Gasteiger partial charge in [-0.25, -0.2) is 13.1 Å². The van der Waals surface area contributed by atoms with Gasteiger partial charge in [-0.2, -0.15) is 9.78 Å². The fourth-order valence-electron chi connectivity index (χ4n) is 3.70. The molecule has 0 fully saturated rings. The van der Waals surface area contributed by atoms with Gasteiger partial charge in [0, 0.05) is 29.8 Å². The molecule has 0 aliphatic rings. The molecular weight excluding hydrogens is 510 g/mol. The molecule has 11 nitrogen and oxygen atoms in total. The topological polar surface area (TPSA) is 145 Å². The maximum absolute atomic E-state index is 13.3. The summed E-state index contributed by atoms with van der Waals surface area (Å²) in [5.74, 6) is -0.445. The molecule has 2 aromatic carbocycles. The van der Waals surface area contributed by atoms with Gasteiger partial charge in [-0.05, 0) is 71.2 Å². The van der Waals surface area contributed by atoms with Gasteiger partial charge < -0.3 is 10.1 Å². The van der Waals surface area contributed by atoms with E-state index in [1.165, 1.54) is 10.7 Å². The average Bonchev–Trinajstić information content (AvgIpc) is 3.16. The van der Waals surface area contributed by atoms with Crippen LogP contribution < -0.4 is 14.8 Å². The third-order valence-electron chi connectivity index (χ3n) is 6.11. The number of aryl methyl sites for hydroxylation is 1. The van der Waals surface area contributed by atoms with Crippen LogP contribution in [0.5, 0.6) is 11.6 Å². The van der Waals surface area contributed by atoms with Crippen molar-refractivity contribution >= 4 is 21.6 Å². The molecular formula is C26H33N5O6S. The van der Waals surface area contributed by atoms with Crippen molar-refractivity contribution in [2.24, 2.45) is 0 Å². The van der Waals surface area contributed by atoms with Crippen molar-refractivity contribution in [2.75, 3.05) is 0 Å². The van der Waals surface area contributed by atoms with Crippen LogP contribution in [0.4, 0.5) is 5.69 Å². The number of carbonyl (C=O) groups excluding carboxylic acids is 1. The van der Waals surface area contributed by atoms with Gasteiger partial charge in [0.25, 0.3) is 11.6 Å². The normalized spacial score (nSPS) is 12.4. The van der Waals surface area contributed by atoms with Crippen molar-refractivity contribution in [1.82, 2.24) is 19.8 Å². The highest BCUT2D eigenvalue weighted by Gasteiger charge is 2.29. The van der Waals surface area contributed by atoms with Gasteiger partial charge in [0.1, 0.15) is 10.6 Å². The predicted molar refractivity (Wildman–Crippen MR) is 144 cm³/mol. The largest absolute Gasteiger partial charge is 0.437 e. The lowest BCUT2D eigenvalue weighted by Crippen LogP contribution is -2.32. The molecule has 0 saturated heterocycles. The summed E-state index contributed by atoms with van der Waals surface area (Å²) in [4.78, 5) is 23.3. The molecule has 0 spiro atoms. The number of hydrogen-bond donors (Lipinski definition) is 2. The Morgan fingerprint density at radius 2 is 1.82 bits per heavy atom. The highest BCUT2D eigenvalue weighted by molar-refractivity contribution is 7.89. The van der Waals surface area contributed by atoms with E-state index in [0.717, 1.165) is 23.3 Å². The maximum Gasteiger partial charge on any atom is 0.272 e. The second-order valence-corrected chi connectivity index (χ2v) is 11.1. The molecule has 0 saturated carbocycles. The fraction of sp³-hybridized carbons (Fsp3) is 0.385. The van der Waals surface area contributed by atoms with Crippen molar-refractivity contribution in [3.8, 4) is 17.3 Å². The molecule has 0 aliphatic heterocycles. The number of ether oxygens (including phenoxy) is 1. The van der Waals surface area contributed by atoms with Crippen molar-refractivity contribution in [3.63, 3.8) is 0 Å². The van der Waals surface area contributed by atoms with Gasteiger partial charge in [-0.3, -0.25) is 14.9 Å². The van der Waals surface area contributed by atoms with Crippen LogP contribution in [-0.4, -0.2) is 41.1 Å². The molecule has 0 aliphatic carbocycles. The second kappa shape index (κ2) is 11.3. The van der Waals surface area contributed by atoms with Crippen LogP contribution in [0, 0.1) is 30.9 Å². The predicted octanol–water partition coefficient (Wildman–Crippen LogP) is 4.71. The number of nitrogens with one attached hydrogen (secondary N) is 2. The summed E-state index contributed by atoms with van der Waals surface area (Å²) < 4.78 is 36.7. The second-order valence-electron chi connectivity index (χ2n) is 9.46. The summed E-state index contributed by atoms with van der Waals surface area (Å²) in [5, 5.41) is 18.8. The minimum atomic E-state index is -4.20. The van der Waals surface area contributed by atoms with Crippen LogP contribution in [0.25, 0.3) is 5.69 Å². The van der Waals surface area contributed by atoms with Crippen molar-refractivity contribution in [3.05, 3.63) is 68.9 Å². The number of sulfonamides is 1. The van der Waals surface area contributed by atoms with E-state index in [9.17, 15) is 23.3 Å². The maximum atomic E-state index is 13.3. The van der Waals surface area contributed by atoms with Crippen LogP contribution in [-0.2, 0) is 10.0 Å². The Morgan fingerprint density at radius 3 is 2.42 bits per heavy atom. The lowest BCUT2D eigenvalue weighted by Gasteiger charge is -2.17. The first kappa shape index (κ1) is 28.8. The summed E-state index contributed by atoms with van der Waals surface area (Å²) in [6, 6.07) is 8.38. The summed E-state index contributed by atoms with van der Waals surface area (Å²) in [6.07, 6.45) is 0.511. The zero-order chi connectivity index (χ0) is 28.4. The third-order valence-corrected chi connectivity index (χ3v) is 7.72. The quantitative estimate of drug-likeness (QED) is 0.278. The number of nitro groups is 1. The van der Waals surface area contributed by atoms with Crippen molar-refractivity contribution < 1.29 is 22.9 Å². The zero-order valence-electron chi connectivity index (χ0n) is 22.5. The van der Waals surface area contributed by atoms with Gasteiger partial charge in [0.15, 0.2) is 5.69 Å². The first-order chi connectivity index (χ1) is 17.8. The van der Waals surface area contributed by atoms with E-state index in [2.05, 4.69) is 15.1 Å². The smallest absolute Gasteiger partial charge is 0.272 e. The Kier molecular flexibility index (Phi) is 8.58. The molecule has 1 amide bonds. The summed E-state index contributed by atoms with van der Waals surface area (Å²) in [6.45, 7) is 12.6. The van der Waals surface area contributed by atoms with Crippen molar-refractivity contribution in [2.45, 2.75) is 71.9 Å². The summed E-state index contributed by atoms with van der Waals surface area (Å²) in [5.41, 5.74) is 2.57. The van der Waals surface area contributed by atoms with E-state index in [-0.39, 0.29) is 23.4 Å². The molecule has 38 heavy (non-hydrogen) atoms. The van der Waals surface area contributed by atoms with E-state index in [1.807, 2.05) is 52.8 Å². The molecule has 3 rings (SSSR count). The van der Waals surface area contributed by atoms with Crippen LogP contribution in [0.3, 0.4) is 0 Å². The van der Waals surface area contributed by atoms with E-state index in [4.69, 9.17) is 4.74 Å². The molecule has 3 aromatic rings. The molecule has 1 aromatic heterocycles. The number of non-ortho nitro benzene ring substituents is 1. The van der Waals surface area contributed by atoms with Gasteiger partial charge >= 0.3 is 0 Å². The van der Waals surface area contributed by atoms with Crippen LogP contribution in [0.15, 0.2) is 41.3 Å². The van der Waals surface area contributed by atoms with Crippen LogP contribution in [0.2, 0.25) is 0 Å². The molecule has 0 unspecified atom stereocenters. The number of amides is 1. The van der Waals surface area contributed by atoms with Crippen LogP contribution in [0.1, 0.15) is 61.3 Å². The van der Waals surface area contributed by atoms with E-state index < -0.39 is 37.5 Å². The number of carbonyl (C=O) groups is 1. The summed E-state index contributed by atoms with van der Waals surface area (Å²) in [7, 11) is -4.20. The molecule has 1 atom stereocenters. The van der Waals surface area contributed by atoms with E-state index in [0.29, 0.717) is 17.7 Å². The molecule has 0 radical (unpaired) electrons. The van der Waals surface area contributed by atoms with Gasteiger partial charge in [0.2, 0.25) is 15.9 Å². The SMILES string of the molecule is CC[C@H](C)NS(=O)(=O)c1cc([N+](=O)[O-])ccc1Oc1c(C)c(C(=O)NC(C)C)nn1-c1cccc(C)c1C. The average molecular weight is 544 g/mol. The highest BCUT2D eigenvalue weighted by atomic mass is 32.2. The van der Waals surface area contributed by atoms with Gasteiger partial charge in [0.05, 0.1) is 10.6 Å². The monoisotopic (exact) mass is 543 g/mol. The first-order valence-electron chi connectivity index (χ1n) is 12.2. The Bertz CT molecular complexity index is 1480. The Balaban J connectivity index is 2.26. The van der Waals surface area contributed by atoms with E-state index >= 15 is 0 Å². The van der Waals surface area contributed by atoms with Gasteiger partial charge in [-0.15, -0.1) is 0 Å². The standard InChI is InChI=1S/C26H33N5O6S/c1-8-17(5)29-38(35,36)23-14-20(31(33)34)12-13-22(23)37-26-19(7)24(25(32)27-15(2)3)28-30(26)21-11-9-10-16(4)18(21)6/h9-15,17,29H,8H2,1-7H3,(H,27,32)/t17-/m0/s1. The zero-order valence-corrected chi connectivity index (χ0v) is 23.3. The number of nitrogens with zero attached hydrogens (tertiary/aromatic N) is 3. The fourth-order valence-corrected chi connectivity index (χ4v) is 5.17. The number of nitro benzene ring substituents is 1. The minimum absolute atomic E-state index is 0.110. The third kappa shape index (κ3) is 6.03. The summed E-state index contributed by atoms with van der Waals surface area (Å²) >= 11 is 0. The Morgan fingerprint density at radius 1 is 1.13 bits per heavy atom. The highest BCUT2D eigenvalue weighted by Crippen LogP contribution is 2.36.